The van der Waals surface area contributed by atoms with E-state index in [-0.39, 0.29) is 29.9 Å². The Morgan fingerprint density at radius 2 is 1.60 bits per heavy atom. The monoisotopic (exact) mass is 585 g/mol. The van der Waals surface area contributed by atoms with Gasteiger partial charge < -0.3 is 31.7 Å². The molecule has 12 heteroatoms. The Hall–Kier alpha value is -3.96. The van der Waals surface area contributed by atoms with Crippen LogP contribution in [0.15, 0.2) is 24.3 Å². The molecular formula is C30H43N5O7. The molecule has 3 unspecified atom stereocenters. The van der Waals surface area contributed by atoms with E-state index in [2.05, 4.69) is 16.0 Å². The lowest BCUT2D eigenvalue weighted by atomic mass is 9.85. The maximum atomic E-state index is 13.8. The van der Waals surface area contributed by atoms with Gasteiger partial charge in [-0.25, -0.2) is 4.79 Å². The summed E-state index contributed by atoms with van der Waals surface area (Å²) in [6.45, 7) is 9.17. The zero-order valence-electron chi connectivity index (χ0n) is 24.9. The van der Waals surface area contributed by atoms with Gasteiger partial charge in [-0.3, -0.25) is 24.0 Å². The molecule has 0 aromatic heterocycles. The third kappa shape index (κ3) is 8.29. The van der Waals surface area contributed by atoms with E-state index in [9.17, 15) is 33.9 Å². The molecule has 3 rings (SSSR count). The second-order valence-corrected chi connectivity index (χ2v) is 12.7. The number of hydrogen-bond donors (Lipinski definition) is 5. The fourth-order valence-electron chi connectivity index (χ4n) is 5.13. The fraction of sp³-hybridized carbons (Fsp3) is 0.600. The van der Waals surface area contributed by atoms with Gasteiger partial charge in [0.15, 0.2) is 5.78 Å². The summed E-state index contributed by atoms with van der Waals surface area (Å²) in [7, 11) is 0. The van der Waals surface area contributed by atoms with Crippen molar-refractivity contribution in [1.82, 2.24) is 20.9 Å². The van der Waals surface area contributed by atoms with Gasteiger partial charge in [-0.2, -0.15) is 0 Å². The smallest absolute Gasteiger partial charge is 0.316 e. The Balaban J connectivity index is 1.73. The van der Waals surface area contributed by atoms with Crippen LogP contribution in [0.3, 0.4) is 0 Å². The molecule has 230 valence electrons. The van der Waals surface area contributed by atoms with Crippen LogP contribution in [0.4, 0.5) is 4.79 Å². The number of amides is 5. The number of carbonyl (C=O) groups excluding carboxylic acids is 6. The number of primary amides is 1. The number of urea groups is 1. The summed E-state index contributed by atoms with van der Waals surface area (Å²) in [5.74, 6) is -3.37. The molecule has 42 heavy (non-hydrogen) atoms. The number of likely N-dealkylation sites (tertiary alicyclic amines) is 1. The predicted molar refractivity (Wildman–Crippen MR) is 154 cm³/mol. The van der Waals surface area contributed by atoms with Crippen LogP contribution in [0.25, 0.3) is 0 Å². The molecule has 1 saturated carbocycles. The van der Waals surface area contributed by atoms with Crippen LogP contribution < -0.4 is 21.7 Å². The molecule has 0 radical (unpaired) electrons. The van der Waals surface area contributed by atoms with E-state index in [4.69, 9.17) is 5.73 Å². The number of Topliss-reactive ketones (excluding diaryl/α,β-unsaturated/α-hetero) is 2. The van der Waals surface area contributed by atoms with E-state index in [1.165, 1.54) is 29.2 Å². The van der Waals surface area contributed by atoms with E-state index < -0.39 is 59.1 Å². The van der Waals surface area contributed by atoms with E-state index in [0.29, 0.717) is 24.8 Å². The van der Waals surface area contributed by atoms with Gasteiger partial charge in [0.05, 0.1) is 12.1 Å². The summed E-state index contributed by atoms with van der Waals surface area (Å²) in [5.41, 5.74) is 4.76. The number of nitrogens with one attached hydrogen (secondary N) is 3. The first kappa shape index (κ1) is 32.6. The molecule has 2 fully saturated rings. The Morgan fingerprint density at radius 1 is 0.976 bits per heavy atom. The summed E-state index contributed by atoms with van der Waals surface area (Å²) < 4.78 is 0. The summed E-state index contributed by atoms with van der Waals surface area (Å²) in [6.07, 6.45) is 3.04. The molecular weight excluding hydrogens is 542 g/mol. The van der Waals surface area contributed by atoms with Crippen molar-refractivity contribution in [1.29, 1.82) is 0 Å². The fourth-order valence-corrected chi connectivity index (χ4v) is 5.13. The summed E-state index contributed by atoms with van der Waals surface area (Å²) in [5, 5.41) is 17.6. The highest BCUT2D eigenvalue weighted by Crippen LogP contribution is 2.34. The first-order chi connectivity index (χ1) is 19.6. The standard InChI is InChI=1S/C30H43N5O7/c1-16(2)22(23(37)18-10-12-19(36)13-11-18)33-29(42)34-25(30(3,4)5)28(41)35-14-6-7-21(35)27(40)32-20(15-17-8-9-17)24(38)26(31)39/h10-13,16-17,20-22,25,36H,6-9,14-15H2,1-5H3,(H2,31,39)(H,32,40)(H2,33,34,42)/t20?,21-,22?,25?/m0/s1. The number of benzene rings is 1. The SMILES string of the molecule is CC(C)C(NC(=O)NC(C(=O)N1CCC[C@H]1C(=O)NC(CC1CC1)C(=O)C(N)=O)C(C)(C)C)C(=O)c1ccc(O)cc1. The topological polar surface area (TPSA) is 188 Å². The first-order valence-electron chi connectivity index (χ1n) is 14.4. The maximum Gasteiger partial charge on any atom is 0.316 e. The Labute approximate surface area is 246 Å². The minimum Gasteiger partial charge on any atom is -0.508 e. The van der Waals surface area contributed by atoms with Crippen LogP contribution in [0, 0.1) is 17.3 Å². The van der Waals surface area contributed by atoms with Crippen LogP contribution in [0.2, 0.25) is 0 Å². The van der Waals surface area contributed by atoms with Gasteiger partial charge in [0, 0.05) is 12.1 Å². The van der Waals surface area contributed by atoms with Gasteiger partial charge >= 0.3 is 6.03 Å². The van der Waals surface area contributed by atoms with Crippen molar-refractivity contribution in [2.24, 2.45) is 23.0 Å². The molecule has 1 heterocycles. The Bertz CT molecular complexity index is 1200. The lowest BCUT2D eigenvalue weighted by Gasteiger charge is -2.36. The largest absolute Gasteiger partial charge is 0.508 e. The molecule has 5 amide bonds. The van der Waals surface area contributed by atoms with E-state index in [1.807, 2.05) is 0 Å². The van der Waals surface area contributed by atoms with Crippen LogP contribution in [0.1, 0.15) is 77.1 Å². The zero-order valence-corrected chi connectivity index (χ0v) is 24.9. The van der Waals surface area contributed by atoms with Crippen molar-refractivity contribution in [2.45, 2.75) is 90.9 Å². The van der Waals surface area contributed by atoms with Gasteiger partial charge in [-0.15, -0.1) is 0 Å². The second kappa shape index (κ2) is 13.3. The highest BCUT2D eigenvalue weighted by molar-refractivity contribution is 6.37. The molecule has 12 nitrogen and oxygen atoms in total. The molecule has 4 atom stereocenters. The molecule has 0 spiro atoms. The molecule has 1 aliphatic heterocycles. The molecule has 2 aliphatic rings. The summed E-state index contributed by atoms with van der Waals surface area (Å²) in [6, 6.07) is 1.14. The van der Waals surface area contributed by atoms with Crippen molar-refractivity contribution < 1.29 is 33.9 Å². The zero-order chi connectivity index (χ0) is 31.4. The van der Waals surface area contributed by atoms with Crippen LogP contribution >= 0.6 is 0 Å². The average Bonchev–Trinajstić information content (AvgIpc) is 3.59. The number of nitrogens with two attached hydrogens (primary N) is 1. The molecule has 1 aromatic carbocycles. The molecule has 1 saturated heterocycles. The van der Waals surface area contributed by atoms with Crippen molar-refractivity contribution in [2.75, 3.05) is 6.54 Å². The van der Waals surface area contributed by atoms with Crippen molar-refractivity contribution in [3.05, 3.63) is 29.8 Å². The number of hydrogen-bond acceptors (Lipinski definition) is 7. The summed E-state index contributed by atoms with van der Waals surface area (Å²) in [4.78, 5) is 78.8. The van der Waals surface area contributed by atoms with Gasteiger partial charge in [0.2, 0.25) is 17.6 Å². The lowest BCUT2D eigenvalue weighted by Crippen LogP contribution is -2.61. The number of carbonyl (C=O) groups is 6. The van der Waals surface area contributed by atoms with Crippen molar-refractivity contribution >= 4 is 35.3 Å². The number of phenols is 1. The lowest BCUT2D eigenvalue weighted by molar-refractivity contribution is -0.143. The molecule has 1 aliphatic carbocycles. The Morgan fingerprint density at radius 3 is 2.12 bits per heavy atom. The third-order valence-corrected chi connectivity index (χ3v) is 7.76. The minimum absolute atomic E-state index is 0.0108. The van der Waals surface area contributed by atoms with Crippen molar-refractivity contribution in [3.8, 4) is 5.75 Å². The second-order valence-electron chi connectivity index (χ2n) is 12.7. The summed E-state index contributed by atoms with van der Waals surface area (Å²) >= 11 is 0. The highest BCUT2D eigenvalue weighted by atomic mass is 16.3. The van der Waals surface area contributed by atoms with E-state index in [1.54, 1.807) is 34.6 Å². The third-order valence-electron chi connectivity index (χ3n) is 7.76. The highest BCUT2D eigenvalue weighted by Gasteiger charge is 2.43. The Kier molecular flexibility index (Phi) is 10.3. The average molecular weight is 586 g/mol. The first-order valence-corrected chi connectivity index (χ1v) is 14.4. The normalized spacial score (nSPS) is 19.0. The number of rotatable bonds is 12. The minimum atomic E-state index is -1.12. The van der Waals surface area contributed by atoms with Crippen molar-refractivity contribution in [3.63, 3.8) is 0 Å². The van der Waals surface area contributed by atoms with Gasteiger partial charge in [0.25, 0.3) is 5.91 Å². The van der Waals surface area contributed by atoms with E-state index in [0.717, 1.165) is 12.8 Å². The number of aromatic hydroxyl groups is 1. The number of nitrogens with zero attached hydrogens (tertiary/aromatic N) is 1. The van der Waals surface area contributed by atoms with Crippen LogP contribution in [-0.2, 0) is 19.2 Å². The number of phenolic OH excluding ortho intramolecular Hbond substituents is 1. The van der Waals surface area contributed by atoms with Gasteiger partial charge in [-0.05, 0) is 60.8 Å². The number of ketones is 2. The van der Waals surface area contributed by atoms with Crippen LogP contribution in [-0.4, -0.2) is 76.0 Å². The quantitative estimate of drug-likeness (QED) is 0.182. The van der Waals surface area contributed by atoms with E-state index >= 15 is 0 Å². The van der Waals surface area contributed by atoms with Gasteiger partial charge in [-0.1, -0.05) is 47.5 Å². The predicted octanol–water partition coefficient (Wildman–Crippen LogP) is 1.64. The maximum absolute atomic E-state index is 13.8. The molecule has 6 N–H and O–H groups in total. The van der Waals surface area contributed by atoms with Gasteiger partial charge in [0.1, 0.15) is 17.8 Å². The van der Waals surface area contributed by atoms with Crippen LogP contribution in [0.5, 0.6) is 5.75 Å². The molecule has 0 bridgehead atoms. The molecule has 1 aromatic rings.